The largest absolute Gasteiger partial charge is 0.480 e. The Hall–Kier alpha value is -8.92. The normalized spacial score (nSPS) is 18.3. The molecule has 2 aliphatic heterocycles. The van der Waals surface area contributed by atoms with E-state index in [0.717, 1.165) is 86.4 Å². The number of aliphatic carboxylic acids is 1. The van der Waals surface area contributed by atoms with Gasteiger partial charge in [0.05, 0.1) is 17.2 Å². The molecule has 0 spiro atoms. The lowest BCUT2D eigenvalue weighted by Gasteiger charge is -2.34. The molecule has 5 amide bonds. The maximum atomic E-state index is 13.9. The average molecular weight is 1270 g/mol. The molecule has 21 heteroatoms. The quantitative estimate of drug-likeness (QED) is 0.0668. The molecule has 0 radical (unpaired) electrons. The molecule has 6 aromatic carbocycles. The molecule has 2 aliphatic carbocycles. The van der Waals surface area contributed by atoms with E-state index in [4.69, 9.17) is 16.6 Å². The highest BCUT2D eigenvalue weighted by Gasteiger charge is 2.51. The van der Waals surface area contributed by atoms with Crippen molar-refractivity contribution in [2.75, 3.05) is 10.6 Å². The number of nitrogens with zero attached hydrogens (tertiary/aromatic N) is 5. The van der Waals surface area contributed by atoms with Crippen LogP contribution in [0.15, 0.2) is 170 Å². The van der Waals surface area contributed by atoms with Crippen LogP contribution in [0.3, 0.4) is 0 Å². The van der Waals surface area contributed by atoms with Gasteiger partial charge in [-0.05, 0) is 169 Å². The summed E-state index contributed by atoms with van der Waals surface area (Å²) in [5.74, 6) is -0.610. The highest BCUT2D eigenvalue weighted by molar-refractivity contribution is 8.07. The van der Waals surface area contributed by atoms with E-state index in [1.807, 2.05) is 111 Å². The molecule has 4 bridgehead atoms. The SMILES string of the molecule is Cc1cccc(NC(=O)[C@@H]2C3CCC(C3)N2C(=O)Cn2cc(C(N)=O)c3cc(-c4ccc5ccccc5c4)ccc32)n1.Cc1cccc(NC(=O)[C@H]2NC3CCC2C3)n1.Cl.NC(=O)c1cn(CC(=O)O)c2ccc(-c3ccc4ccccc4c3)cc12.S.S=S. The topological polar surface area (TPSA) is 250 Å². The third kappa shape index (κ3) is 14.0. The van der Waals surface area contributed by atoms with Crippen molar-refractivity contribution in [3.8, 4) is 22.3 Å². The van der Waals surface area contributed by atoms with Crippen molar-refractivity contribution in [1.82, 2.24) is 29.3 Å². The van der Waals surface area contributed by atoms with Gasteiger partial charge in [0.2, 0.25) is 17.7 Å². The van der Waals surface area contributed by atoms with Crippen LogP contribution in [-0.4, -0.2) is 88.8 Å². The fourth-order valence-corrected chi connectivity index (χ4v) is 13.2. The third-order valence-electron chi connectivity index (χ3n) is 17.1. The van der Waals surface area contributed by atoms with Crippen LogP contribution >= 0.6 is 25.9 Å². The predicted molar refractivity (Wildman–Crippen MR) is 362 cm³/mol. The van der Waals surface area contributed by atoms with Crippen molar-refractivity contribution in [2.45, 2.75) is 89.6 Å². The second kappa shape index (κ2) is 28.1. The minimum atomic E-state index is -0.975. The van der Waals surface area contributed by atoms with Gasteiger partial charge in [-0.2, -0.15) is 13.5 Å². The van der Waals surface area contributed by atoms with Crippen molar-refractivity contribution >= 4 is 139 Å². The van der Waals surface area contributed by atoms with Gasteiger partial charge in [0.25, 0.3) is 11.8 Å². The van der Waals surface area contributed by atoms with Crippen molar-refractivity contribution in [2.24, 2.45) is 23.3 Å². The molecule has 4 unspecified atom stereocenters. The lowest BCUT2D eigenvalue weighted by atomic mass is 9.97. The van der Waals surface area contributed by atoms with Gasteiger partial charge >= 0.3 is 5.97 Å². The van der Waals surface area contributed by atoms with Gasteiger partial charge in [0.15, 0.2) is 0 Å². The highest BCUT2D eigenvalue weighted by atomic mass is 35.5. The fraction of sp³-hybridized carbons (Fsp3) is 0.235. The van der Waals surface area contributed by atoms with Crippen LogP contribution in [0.25, 0.3) is 65.6 Å². The number of rotatable bonds is 12. The number of benzene rings is 6. The van der Waals surface area contributed by atoms with E-state index in [-0.39, 0.29) is 74.7 Å². The standard InChI is InChI=1S/C34H31N5O3.C21H16N2O3.C13H17N3O.ClH.S2.H2S/c1-20-5-4-8-30(36-20)37-34(42)32-25-11-13-26(16-25)39(32)31(40)19-38-18-28(33(35)41)27-17-24(12-14-29(27)38)23-10-9-21-6-2-3-7-22(21)15-23;22-21(26)18-11-23(12-20(24)25)19-8-7-16(10-17(18)19)15-6-5-13-3-1-2-4-14(13)9-15;1-8-3-2-4-11(14-8)16-13(17)12-9-5-6-10(7-9)15-12;;1-2;/h2-10,12,14-15,17-18,25-26,32H,11,13,16,19H2,1H3,(H2,35,41)(H,36,37,42);1-11H,12H2,(H2,22,26)(H,24,25);2-4,9-10,12,15H,5-7H2,1H3,(H,14,16,17);1H;;1H2/t25?,26?,32-;;9?,10?,12-;;;/m0.0.../s1. The Kier molecular flexibility index (Phi) is 20.4. The number of carboxylic acid groups (broad SMARTS) is 1. The number of hydrogen-bond acceptors (Lipinski definition) is 11. The molecule has 89 heavy (non-hydrogen) atoms. The van der Waals surface area contributed by atoms with E-state index in [0.29, 0.717) is 51.0 Å². The molecule has 4 aromatic heterocycles. The monoisotopic (exact) mass is 1270 g/mol. The summed E-state index contributed by atoms with van der Waals surface area (Å²) in [5.41, 5.74) is 19.1. The van der Waals surface area contributed by atoms with Gasteiger partial charge in [0.1, 0.15) is 30.8 Å². The maximum absolute atomic E-state index is 13.9. The molecule has 4 fully saturated rings. The van der Waals surface area contributed by atoms with E-state index in [1.165, 1.54) is 23.6 Å². The van der Waals surface area contributed by atoms with E-state index < -0.39 is 23.8 Å². The zero-order valence-corrected chi connectivity index (χ0v) is 52.2. The van der Waals surface area contributed by atoms with Crippen LogP contribution in [-0.2, 0) is 54.6 Å². The maximum Gasteiger partial charge on any atom is 0.323 e. The zero-order chi connectivity index (χ0) is 61.0. The molecule has 2 saturated heterocycles. The first-order chi connectivity index (χ1) is 42.1. The second-order valence-electron chi connectivity index (χ2n) is 22.7. The summed E-state index contributed by atoms with van der Waals surface area (Å²) in [7, 11) is 0. The third-order valence-corrected chi connectivity index (χ3v) is 17.1. The number of carbonyl (C=O) groups excluding carboxylic acids is 5. The van der Waals surface area contributed by atoms with Gasteiger partial charge in [0, 0.05) is 80.0 Å². The molecular weight excluding hydrogens is 1200 g/mol. The molecule has 2 saturated carbocycles. The Morgan fingerprint density at radius 2 is 1.03 bits per heavy atom. The molecule has 6 atom stereocenters. The molecular formula is C68H67ClN10O7S3. The first kappa shape index (κ1) is 64.6. The number of primary amides is 2. The molecule has 456 valence electrons. The summed E-state index contributed by atoms with van der Waals surface area (Å²) >= 11 is 7.33. The Labute approximate surface area is 537 Å². The number of anilines is 2. The molecule has 4 aliphatic rings. The van der Waals surface area contributed by atoms with E-state index in [1.54, 1.807) is 21.7 Å². The molecule has 6 heterocycles. The minimum Gasteiger partial charge on any atom is -0.480 e. The molecule has 8 N–H and O–H groups in total. The summed E-state index contributed by atoms with van der Waals surface area (Å²) < 4.78 is 3.31. The van der Waals surface area contributed by atoms with Crippen LogP contribution in [0, 0.1) is 25.7 Å². The van der Waals surface area contributed by atoms with Crippen LogP contribution in [0.1, 0.15) is 70.6 Å². The number of halogens is 1. The first-order valence-corrected chi connectivity index (χ1v) is 30.2. The van der Waals surface area contributed by atoms with Crippen molar-refractivity contribution < 1.29 is 33.9 Å². The van der Waals surface area contributed by atoms with Crippen LogP contribution in [0.5, 0.6) is 0 Å². The second-order valence-corrected chi connectivity index (χ2v) is 22.7. The van der Waals surface area contributed by atoms with Crippen molar-refractivity contribution in [3.63, 3.8) is 0 Å². The fourth-order valence-electron chi connectivity index (χ4n) is 13.2. The van der Waals surface area contributed by atoms with Crippen LogP contribution in [0.4, 0.5) is 11.6 Å². The number of carbonyl (C=O) groups is 6. The number of pyridine rings is 2. The van der Waals surface area contributed by atoms with Crippen LogP contribution < -0.4 is 27.4 Å². The number of piperidine rings is 2. The Bertz CT molecular complexity index is 4350. The number of aryl methyl sites for hydroxylation is 2. The summed E-state index contributed by atoms with van der Waals surface area (Å²) in [5, 5.41) is 24.2. The van der Waals surface area contributed by atoms with Crippen LogP contribution in [0.2, 0.25) is 0 Å². The number of nitrogens with one attached hydrogen (secondary N) is 3. The number of carboxylic acids is 1. The van der Waals surface area contributed by atoms with E-state index in [9.17, 15) is 28.8 Å². The summed E-state index contributed by atoms with van der Waals surface area (Å²) in [6.45, 7) is 3.58. The van der Waals surface area contributed by atoms with Gasteiger partial charge < -0.3 is 46.6 Å². The average Bonchev–Trinajstić information content (AvgIpc) is 1.92. The minimum absolute atomic E-state index is 0. The summed E-state index contributed by atoms with van der Waals surface area (Å²) in [6.07, 6.45) is 9.34. The molecule has 10 aromatic rings. The Morgan fingerprint density at radius 1 is 0.562 bits per heavy atom. The van der Waals surface area contributed by atoms with Gasteiger partial charge in [-0.3, -0.25) is 28.8 Å². The summed E-state index contributed by atoms with van der Waals surface area (Å²) in [4.78, 5) is 85.2. The van der Waals surface area contributed by atoms with E-state index in [2.05, 4.69) is 103 Å². The Balaban J connectivity index is 0.000000170. The number of aromatic nitrogens is 4. The van der Waals surface area contributed by atoms with Crippen molar-refractivity contribution in [3.05, 3.63) is 193 Å². The molecule has 17 nitrogen and oxygen atoms in total. The number of likely N-dealkylation sites (tertiary alicyclic amines) is 1. The lowest BCUT2D eigenvalue weighted by molar-refractivity contribution is -0.141. The lowest BCUT2D eigenvalue weighted by Crippen LogP contribution is -2.51. The number of amides is 5. The predicted octanol–water partition coefficient (Wildman–Crippen LogP) is 10.9. The van der Waals surface area contributed by atoms with Gasteiger partial charge in [-0.1, -0.05) is 97.1 Å². The number of nitrogens with two attached hydrogens (primary N) is 2. The summed E-state index contributed by atoms with van der Waals surface area (Å²) in [6, 6.07) is 51.4. The number of hydrogen-bond donors (Lipinski definition) is 6. The smallest absolute Gasteiger partial charge is 0.323 e. The zero-order valence-electron chi connectivity index (χ0n) is 48.8. The van der Waals surface area contributed by atoms with Crippen molar-refractivity contribution in [1.29, 1.82) is 0 Å². The molecule has 14 rings (SSSR count). The van der Waals surface area contributed by atoms with Gasteiger partial charge in [-0.25, -0.2) is 9.97 Å². The highest BCUT2D eigenvalue weighted by Crippen LogP contribution is 2.43. The number of fused-ring (bicyclic) bond motifs is 8. The Morgan fingerprint density at radius 3 is 1.51 bits per heavy atom. The van der Waals surface area contributed by atoms with Gasteiger partial charge in [-0.15, -0.1) is 12.4 Å². The first-order valence-electron chi connectivity index (χ1n) is 28.9. The van der Waals surface area contributed by atoms with E-state index >= 15 is 0 Å².